The molecule has 0 saturated carbocycles. The average molecular weight is 410 g/mol. The highest BCUT2D eigenvalue weighted by Gasteiger charge is 2.23. The molecule has 0 radical (unpaired) electrons. The molecule has 0 spiro atoms. The minimum atomic E-state index is 0.327. The molecule has 0 amide bonds. The highest BCUT2D eigenvalue weighted by molar-refractivity contribution is 5.70. The summed E-state index contributed by atoms with van der Waals surface area (Å²) in [5.74, 6) is 1.57. The van der Waals surface area contributed by atoms with Crippen LogP contribution in [0, 0.1) is 5.92 Å². The van der Waals surface area contributed by atoms with Gasteiger partial charge in [-0.25, -0.2) is 14.6 Å². The van der Waals surface area contributed by atoms with E-state index >= 15 is 0 Å². The van der Waals surface area contributed by atoms with Crippen LogP contribution in [-0.4, -0.2) is 63.1 Å². The van der Waals surface area contributed by atoms with E-state index in [0.29, 0.717) is 25.3 Å². The minimum Gasteiger partial charge on any atom is -0.467 e. The zero-order valence-electron chi connectivity index (χ0n) is 17.0. The molecule has 2 aliphatic heterocycles. The van der Waals surface area contributed by atoms with E-state index in [4.69, 9.17) is 14.6 Å². The summed E-state index contributed by atoms with van der Waals surface area (Å²) in [6.45, 7) is 4.20. The maximum absolute atomic E-state index is 5.63. The number of piperidine rings is 1. The second-order valence-electron chi connectivity index (χ2n) is 7.64. The molecule has 1 fully saturated rings. The van der Waals surface area contributed by atoms with Crippen molar-refractivity contribution in [3.8, 4) is 23.0 Å². The maximum Gasteiger partial charge on any atom is 0.316 e. The van der Waals surface area contributed by atoms with E-state index in [0.717, 1.165) is 54.4 Å². The Morgan fingerprint density at radius 1 is 1.20 bits per heavy atom. The van der Waals surface area contributed by atoms with Crippen molar-refractivity contribution >= 4 is 5.82 Å². The first-order valence-electron chi connectivity index (χ1n) is 10.4. The van der Waals surface area contributed by atoms with Crippen LogP contribution in [0.15, 0.2) is 24.8 Å². The lowest BCUT2D eigenvalue weighted by Crippen LogP contribution is -2.29. The number of methoxy groups -OCH3 is 1. The van der Waals surface area contributed by atoms with Crippen LogP contribution < -0.4 is 15.4 Å². The van der Waals surface area contributed by atoms with Crippen molar-refractivity contribution in [2.24, 2.45) is 5.92 Å². The molecule has 0 aliphatic carbocycles. The number of ether oxygens (including phenoxy) is 2. The SMILES string of the molecule is COc1ncc(-n2nc(-c3cnn(CC4CCNCC4)c3)c3c2NCOCC3)cn1. The van der Waals surface area contributed by atoms with E-state index in [1.807, 2.05) is 15.6 Å². The van der Waals surface area contributed by atoms with Crippen molar-refractivity contribution in [2.75, 3.05) is 38.9 Å². The lowest BCUT2D eigenvalue weighted by atomic mass is 9.98. The molecule has 2 aliphatic rings. The van der Waals surface area contributed by atoms with Crippen molar-refractivity contribution < 1.29 is 9.47 Å². The standard InChI is InChI=1S/C20H26N8O2/c1-29-20-22-9-16(10-23-20)28-19-17(4-7-30-13-24-19)18(26-28)15-8-25-27(12-15)11-14-2-5-21-6-3-14/h8-10,12,14,21,24H,2-7,11,13H2,1H3. The second-order valence-corrected chi connectivity index (χ2v) is 7.64. The summed E-state index contributed by atoms with van der Waals surface area (Å²) in [6.07, 6.45) is 10.6. The van der Waals surface area contributed by atoms with Gasteiger partial charge in [0.1, 0.15) is 23.9 Å². The number of hydrogen-bond donors (Lipinski definition) is 2. The number of fused-ring (bicyclic) bond motifs is 1. The average Bonchev–Trinajstić information content (AvgIpc) is 3.31. The van der Waals surface area contributed by atoms with Gasteiger partial charge in [-0.05, 0) is 31.8 Å². The van der Waals surface area contributed by atoms with Gasteiger partial charge in [0.25, 0.3) is 0 Å². The summed E-state index contributed by atoms with van der Waals surface area (Å²) in [5, 5.41) is 16.3. The smallest absolute Gasteiger partial charge is 0.316 e. The van der Waals surface area contributed by atoms with Gasteiger partial charge < -0.3 is 20.1 Å². The molecule has 2 N–H and O–H groups in total. The molecule has 10 heteroatoms. The van der Waals surface area contributed by atoms with Gasteiger partial charge in [0.2, 0.25) is 0 Å². The van der Waals surface area contributed by atoms with Crippen molar-refractivity contribution in [1.82, 2.24) is 34.8 Å². The third kappa shape index (κ3) is 3.75. The monoisotopic (exact) mass is 410 g/mol. The number of hydrogen-bond acceptors (Lipinski definition) is 8. The predicted octanol–water partition coefficient (Wildman–Crippen LogP) is 1.48. The first-order chi connectivity index (χ1) is 14.8. The molecule has 0 unspecified atom stereocenters. The van der Waals surface area contributed by atoms with Gasteiger partial charge in [-0.3, -0.25) is 4.68 Å². The lowest BCUT2D eigenvalue weighted by Gasteiger charge is -2.22. The molecular formula is C20H26N8O2. The first kappa shape index (κ1) is 19.0. The van der Waals surface area contributed by atoms with E-state index in [2.05, 4.69) is 31.9 Å². The quantitative estimate of drug-likeness (QED) is 0.652. The predicted molar refractivity (Wildman–Crippen MR) is 111 cm³/mol. The van der Waals surface area contributed by atoms with Crippen LogP contribution in [0.2, 0.25) is 0 Å². The van der Waals surface area contributed by atoms with E-state index < -0.39 is 0 Å². The van der Waals surface area contributed by atoms with Crippen molar-refractivity contribution in [3.05, 3.63) is 30.4 Å². The third-order valence-electron chi connectivity index (χ3n) is 5.67. The Hall–Kier alpha value is -2.98. The third-order valence-corrected chi connectivity index (χ3v) is 5.67. The molecule has 3 aromatic heterocycles. The Labute approximate surface area is 174 Å². The van der Waals surface area contributed by atoms with E-state index in [1.54, 1.807) is 19.5 Å². The number of rotatable bonds is 5. The fourth-order valence-corrected chi connectivity index (χ4v) is 4.09. The van der Waals surface area contributed by atoms with E-state index in [-0.39, 0.29) is 0 Å². The summed E-state index contributed by atoms with van der Waals surface area (Å²) in [5.41, 5.74) is 3.80. The van der Waals surface area contributed by atoms with Gasteiger partial charge in [-0.1, -0.05) is 0 Å². The largest absolute Gasteiger partial charge is 0.467 e. The number of anilines is 1. The first-order valence-corrected chi connectivity index (χ1v) is 10.4. The molecule has 0 bridgehead atoms. The topological polar surface area (TPSA) is 104 Å². The molecule has 5 rings (SSSR count). The van der Waals surface area contributed by atoms with Gasteiger partial charge in [0.15, 0.2) is 0 Å². The van der Waals surface area contributed by atoms with Crippen LogP contribution in [0.1, 0.15) is 18.4 Å². The number of nitrogens with zero attached hydrogens (tertiary/aromatic N) is 6. The Kier molecular flexibility index (Phi) is 5.33. The Morgan fingerprint density at radius 3 is 2.83 bits per heavy atom. The highest BCUT2D eigenvalue weighted by atomic mass is 16.5. The molecule has 5 heterocycles. The van der Waals surface area contributed by atoms with Crippen LogP contribution >= 0.6 is 0 Å². The fourth-order valence-electron chi connectivity index (χ4n) is 4.09. The zero-order chi connectivity index (χ0) is 20.3. The molecular weight excluding hydrogens is 384 g/mol. The molecule has 3 aromatic rings. The van der Waals surface area contributed by atoms with Crippen LogP contribution in [0.25, 0.3) is 16.9 Å². The molecule has 158 valence electrons. The van der Waals surface area contributed by atoms with Gasteiger partial charge >= 0.3 is 6.01 Å². The molecule has 30 heavy (non-hydrogen) atoms. The molecule has 10 nitrogen and oxygen atoms in total. The van der Waals surface area contributed by atoms with Crippen LogP contribution in [-0.2, 0) is 17.7 Å². The highest BCUT2D eigenvalue weighted by Crippen LogP contribution is 2.32. The molecule has 1 saturated heterocycles. The maximum atomic E-state index is 5.63. The van der Waals surface area contributed by atoms with Crippen LogP contribution in [0.5, 0.6) is 6.01 Å². The Morgan fingerprint density at radius 2 is 2.03 bits per heavy atom. The summed E-state index contributed by atoms with van der Waals surface area (Å²) >= 11 is 0. The van der Waals surface area contributed by atoms with Gasteiger partial charge in [0, 0.05) is 30.3 Å². The summed E-state index contributed by atoms with van der Waals surface area (Å²) in [6, 6.07) is 0.327. The summed E-state index contributed by atoms with van der Waals surface area (Å²) < 4.78 is 14.6. The number of aromatic nitrogens is 6. The Balaban J connectivity index is 1.48. The van der Waals surface area contributed by atoms with Gasteiger partial charge in [0.05, 0.1) is 32.3 Å². The van der Waals surface area contributed by atoms with Crippen LogP contribution in [0.3, 0.4) is 0 Å². The van der Waals surface area contributed by atoms with E-state index in [1.165, 1.54) is 12.8 Å². The normalized spacial score (nSPS) is 17.2. The lowest BCUT2D eigenvalue weighted by molar-refractivity contribution is 0.159. The van der Waals surface area contributed by atoms with Crippen molar-refractivity contribution in [3.63, 3.8) is 0 Å². The minimum absolute atomic E-state index is 0.327. The summed E-state index contributed by atoms with van der Waals surface area (Å²) in [7, 11) is 1.55. The van der Waals surface area contributed by atoms with Crippen molar-refractivity contribution in [2.45, 2.75) is 25.8 Å². The second kappa shape index (κ2) is 8.41. The van der Waals surface area contributed by atoms with Gasteiger partial charge in [-0.2, -0.15) is 10.2 Å². The summed E-state index contributed by atoms with van der Waals surface area (Å²) in [4.78, 5) is 8.44. The van der Waals surface area contributed by atoms with E-state index in [9.17, 15) is 0 Å². The van der Waals surface area contributed by atoms with Crippen molar-refractivity contribution in [1.29, 1.82) is 0 Å². The number of nitrogens with one attached hydrogen (secondary N) is 2. The fraction of sp³-hybridized carbons (Fsp3) is 0.500. The molecule has 0 atom stereocenters. The van der Waals surface area contributed by atoms with Crippen LogP contribution in [0.4, 0.5) is 5.82 Å². The van der Waals surface area contributed by atoms with Gasteiger partial charge in [-0.15, -0.1) is 0 Å². The zero-order valence-corrected chi connectivity index (χ0v) is 17.0. The molecule has 0 aromatic carbocycles. The Bertz CT molecular complexity index is 991.